The Kier molecular flexibility index (Phi) is 10.1. The summed E-state index contributed by atoms with van der Waals surface area (Å²) in [5.41, 5.74) is 4.38. The van der Waals surface area contributed by atoms with E-state index in [0.717, 1.165) is 53.8 Å². The summed E-state index contributed by atoms with van der Waals surface area (Å²) in [6, 6.07) is 15.8. The summed E-state index contributed by atoms with van der Waals surface area (Å²) >= 11 is 6.64. The second kappa shape index (κ2) is 13.7. The van der Waals surface area contributed by atoms with Crippen LogP contribution >= 0.6 is 11.6 Å². The lowest BCUT2D eigenvalue weighted by Crippen LogP contribution is -2.42. The van der Waals surface area contributed by atoms with E-state index in [0.29, 0.717) is 23.1 Å². The fourth-order valence-electron chi connectivity index (χ4n) is 4.94. The quantitative estimate of drug-likeness (QED) is 0.190. The number of H-pyrrole nitrogens is 2. The molecule has 2 aromatic carbocycles. The summed E-state index contributed by atoms with van der Waals surface area (Å²) in [4.78, 5) is 23.4. The number of aromatic nitrogens is 6. The van der Waals surface area contributed by atoms with Crippen molar-refractivity contribution in [3.05, 3.63) is 70.8 Å². The third kappa shape index (κ3) is 6.95. The van der Waals surface area contributed by atoms with Crippen LogP contribution in [0.4, 0.5) is 0 Å². The number of nitrogens with zero attached hydrogens (tertiary/aromatic N) is 5. The number of hydrogen-bond donors (Lipinski definition) is 2. The minimum Gasteiger partial charge on any atom is -0.454 e. The summed E-state index contributed by atoms with van der Waals surface area (Å²) < 4.78 is 6.24. The van der Waals surface area contributed by atoms with E-state index < -0.39 is 6.10 Å². The van der Waals surface area contributed by atoms with Crippen molar-refractivity contribution in [1.29, 1.82) is 0 Å². The molecule has 0 amide bonds. The van der Waals surface area contributed by atoms with Gasteiger partial charge in [0, 0.05) is 18.4 Å². The highest BCUT2D eigenvalue weighted by atomic mass is 35.5. The van der Waals surface area contributed by atoms with Gasteiger partial charge in [-0.2, -0.15) is 5.21 Å². The maximum atomic E-state index is 13.6. The topological polar surface area (TPSA) is 113 Å². The molecule has 4 rings (SSSR count). The Balaban J connectivity index is 1.72. The minimum absolute atomic E-state index is 0.121. The van der Waals surface area contributed by atoms with Crippen molar-refractivity contribution in [2.24, 2.45) is 5.92 Å². The molecule has 0 aliphatic carbocycles. The molecule has 3 atom stereocenters. The fraction of sp³-hybridized carbons (Fsp3) is 0.433. The molecular weight excluding hydrogens is 526 g/mol. The number of rotatable bonds is 13. The summed E-state index contributed by atoms with van der Waals surface area (Å²) in [6.07, 6.45) is 3.38. The van der Waals surface area contributed by atoms with Crippen molar-refractivity contribution >= 4 is 17.6 Å². The van der Waals surface area contributed by atoms with E-state index in [4.69, 9.17) is 16.3 Å². The zero-order valence-corrected chi connectivity index (χ0v) is 24.6. The molecule has 2 aromatic heterocycles. The lowest BCUT2D eigenvalue weighted by molar-refractivity contribution is -0.157. The average molecular weight is 564 g/mol. The van der Waals surface area contributed by atoms with Crippen LogP contribution in [-0.4, -0.2) is 61.6 Å². The molecule has 0 aliphatic heterocycles. The van der Waals surface area contributed by atoms with Crippen molar-refractivity contribution in [2.75, 3.05) is 14.1 Å². The van der Waals surface area contributed by atoms with Gasteiger partial charge in [0.25, 0.3) is 0 Å². The number of aromatic amines is 2. The summed E-state index contributed by atoms with van der Waals surface area (Å²) in [6.45, 7) is 6.27. The van der Waals surface area contributed by atoms with Gasteiger partial charge in [-0.15, -0.1) is 10.2 Å². The van der Waals surface area contributed by atoms with Crippen molar-refractivity contribution in [3.63, 3.8) is 0 Å². The second-order valence-corrected chi connectivity index (χ2v) is 10.8. The van der Waals surface area contributed by atoms with E-state index in [1.54, 1.807) is 0 Å². The Morgan fingerprint density at radius 1 is 1.10 bits per heavy atom. The van der Waals surface area contributed by atoms with Gasteiger partial charge in [-0.1, -0.05) is 87.7 Å². The van der Waals surface area contributed by atoms with E-state index in [1.165, 1.54) is 0 Å². The Labute approximate surface area is 240 Å². The first kappa shape index (κ1) is 29.4. The predicted molar refractivity (Wildman–Crippen MR) is 157 cm³/mol. The molecule has 9 nitrogen and oxygen atoms in total. The van der Waals surface area contributed by atoms with Gasteiger partial charge in [0.1, 0.15) is 18.0 Å². The molecule has 40 heavy (non-hydrogen) atoms. The number of carbonyl (C=O) groups is 1. The third-order valence-corrected chi connectivity index (χ3v) is 7.53. The molecule has 0 fully saturated rings. The SMILES string of the molecule is CCCCc1nc(Cl)c([C@@H](Cc2ccc(-c3ccccc3)c(-c3nn[nH]n3)c2)OC(=O)[C@@H]([C@H](C)CC)N(C)C)[nH]1. The molecule has 0 saturated heterocycles. The molecule has 4 aromatic rings. The number of tetrazole rings is 1. The molecule has 0 bridgehead atoms. The number of benzene rings is 2. The van der Waals surface area contributed by atoms with Gasteiger partial charge in [0.2, 0.25) is 5.82 Å². The van der Waals surface area contributed by atoms with Gasteiger partial charge < -0.3 is 9.72 Å². The highest BCUT2D eigenvalue weighted by molar-refractivity contribution is 6.30. The highest BCUT2D eigenvalue weighted by Gasteiger charge is 2.32. The van der Waals surface area contributed by atoms with Gasteiger partial charge in [-0.3, -0.25) is 9.69 Å². The molecule has 0 aliphatic rings. The van der Waals surface area contributed by atoms with Crippen LogP contribution in [0.2, 0.25) is 5.15 Å². The van der Waals surface area contributed by atoms with Gasteiger partial charge in [-0.25, -0.2) is 4.98 Å². The van der Waals surface area contributed by atoms with E-state index >= 15 is 0 Å². The molecule has 0 unspecified atom stereocenters. The van der Waals surface area contributed by atoms with Crippen molar-refractivity contribution < 1.29 is 9.53 Å². The number of halogens is 1. The van der Waals surface area contributed by atoms with Crippen LogP contribution in [0.3, 0.4) is 0 Å². The monoisotopic (exact) mass is 563 g/mol. The number of esters is 1. The normalized spacial score (nSPS) is 13.8. The standard InChI is InChI=1S/C30H38ClN7O2/c1-6-8-14-25-32-26(28(31)33-25)24(40-30(39)27(38(4)5)19(3)7-2)18-20-15-16-22(21-12-10-9-11-13-21)23(17-20)29-34-36-37-35-29/h9-13,15-17,19,24,27H,6-8,14,18H2,1-5H3,(H,32,33)(H,34,35,36,37)/t19-,24-,27-/m1/s1. The molecule has 2 heterocycles. The molecule has 2 N–H and O–H groups in total. The number of hydrogen-bond acceptors (Lipinski definition) is 7. The van der Waals surface area contributed by atoms with Crippen LogP contribution in [0.25, 0.3) is 22.5 Å². The largest absolute Gasteiger partial charge is 0.454 e. The van der Waals surface area contributed by atoms with Crippen molar-refractivity contribution in [1.82, 2.24) is 35.5 Å². The van der Waals surface area contributed by atoms with Gasteiger partial charge in [0.15, 0.2) is 5.15 Å². The van der Waals surface area contributed by atoms with Crippen LogP contribution < -0.4 is 0 Å². The van der Waals surface area contributed by atoms with Crippen molar-refractivity contribution in [2.45, 2.75) is 65.0 Å². The molecular formula is C30H38ClN7O2. The maximum Gasteiger partial charge on any atom is 0.324 e. The Hall–Kier alpha value is -3.56. The minimum atomic E-state index is -0.657. The number of aryl methyl sites for hydroxylation is 1. The zero-order chi connectivity index (χ0) is 28.6. The van der Waals surface area contributed by atoms with Crippen LogP contribution in [0, 0.1) is 5.92 Å². The lowest BCUT2D eigenvalue weighted by atomic mass is 9.94. The molecule has 0 radical (unpaired) electrons. The van der Waals surface area contributed by atoms with E-state index in [9.17, 15) is 4.79 Å². The van der Waals surface area contributed by atoms with E-state index in [2.05, 4.69) is 51.4 Å². The first-order valence-electron chi connectivity index (χ1n) is 13.9. The lowest BCUT2D eigenvalue weighted by Gasteiger charge is -2.29. The third-order valence-electron chi connectivity index (χ3n) is 7.24. The highest BCUT2D eigenvalue weighted by Crippen LogP contribution is 2.34. The molecule has 212 valence electrons. The first-order valence-corrected chi connectivity index (χ1v) is 14.2. The van der Waals surface area contributed by atoms with Crippen molar-refractivity contribution in [3.8, 4) is 22.5 Å². The van der Waals surface area contributed by atoms with Crippen LogP contribution in [0.5, 0.6) is 0 Å². The van der Waals surface area contributed by atoms with Crippen LogP contribution in [-0.2, 0) is 22.4 Å². The van der Waals surface area contributed by atoms with Crippen LogP contribution in [0.15, 0.2) is 48.5 Å². The van der Waals surface area contributed by atoms with Crippen LogP contribution in [0.1, 0.15) is 63.2 Å². The zero-order valence-electron chi connectivity index (χ0n) is 23.8. The summed E-state index contributed by atoms with van der Waals surface area (Å²) in [5.74, 6) is 1.11. The number of nitrogens with one attached hydrogen (secondary N) is 2. The Morgan fingerprint density at radius 3 is 2.52 bits per heavy atom. The predicted octanol–water partition coefficient (Wildman–Crippen LogP) is 6.06. The fourth-order valence-corrected chi connectivity index (χ4v) is 5.21. The first-order chi connectivity index (χ1) is 19.3. The van der Waals surface area contributed by atoms with E-state index in [1.807, 2.05) is 67.5 Å². The second-order valence-electron chi connectivity index (χ2n) is 10.4. The summed E-state index contributed by atoms with van der Waals surface area (Å²) in [7, 11) is 3.80. The Bertz CT molecular complexity index is 1370. The Morgan fingerprint density at radius 2 is 1.88 bits per heavy atom. The van der Waals surface area contributed by atoms with Gasteiger partial charge >= 0.3 is 5.97 Å². The number of ether oxygens (including phenoxy) is 1. The molecule has 10 heteroatoms. The molecule has 0 saturated carbocycles. The number of carbonyl (C=O) groups excluding carboxylic acids is 1. The molecule has 0 spiro atoms. The van der Waals surface area contributed by atoms with E-state index in [-0.39, 0.29) is 17.9 Å². The maximum absolute atomic E-state index is 13.6. The number of unbranched alkanes of at least 4 members (excludes halogenated alkanes) is 1. The number of likely N-dealkylation sites (N-methyl/N-ethyl adjacent to an activating group) is 1. The number of imidazole rings is 1. The average Bonchev–Trinajstić information content (AvgIpc) is 3.62. The smallest absolute Gasteiger partial charge is 0.324 e. The van der Waals surface area contributed by atoms with Gasteiger partial charge in [-0.05, 0) is 54.4 Å². The van der Waals surface area contributed by atoms with Gasteiger partial charge in [0.05, 0.1) is 5.69 Å². The summed E-state index contributed by atoms with van der Waals surface area (Å²) in [5, 5.41) is 15.1.